The smallest absolute Gasteiger partial charge is 0.234 e. The minimum Gasteiger partial charge on any atom is -0.339 e. The fourth-order valence-corrected chi connectivity index (χ4v) is 1.53. The number of Topliss-reactive ketones (excluding diaryl/α,β-unsaturated/α-hetero) is 1. The maximum absolute atomic E-state index is 12.9. The van der Waals surface area contributed by atoms with Crippen LogP contribution in [0.15, 0.2) is 22.7 Å². The van der Waals surface area contributed by atoms with E-state index in [0.717, 1.165) is 5.56 Å². The first kappa shape index (κ1) is 11.4. The van der Waals surface area contributed by atoms with Crippen molar-refractivity contribution in [3.63, 3.8) is 0 Å². The van der Waals surface area contributed by atoms with Crippen LogP contribution in [-0.2, 0) is 11.2 Å². The number of hydrogen-bond acceptors (Lipinski definition) is 4. The van der Waals surface area contributed by atoms with Crippen molar-refractivity contribution in [2.75, 3.05) is 0 Å². The summed E-state index contributed by atoms with van der Waals surface area (Å²) in [5, 5.41) is 3.77. The number of aryl methyl sites for hydroxylation is 1. The lowest BCUT2D eigenvalue weighted by atomic mass is 10.1. The molecule has 0 aliphatic rings. The number of nitrogens with zero attached hydrogens (tertiary/aromatic N) is 2. The number of ketones is 1. The molecule has 2 rings (SSSR count). The summed E-state index contributed by atoms with van der Waals surface area (Å²) >= 11 is 0. The van der Waals surface area contributed by atoms with Gasteiger partial charge in [0.15, 0.2) is 0 Å². The van der Waals surface area contributed by atoms with Crippen molar-refractivity contribution < 1.29 is 13.7 Å². The van der Waals surface area contributed by atoms with Crippen LogP contribution in [0.3, 0.4) is 0 Å². The molecule has 0 saturated heterocycles. The van der Waals surface area contributed by atoms with Gasteiger partial charge in [-0.3, -0.25) is 4.79 Å². The van der Waals surface area contributed by atoms with E-state index in [-0.39, 0.29) is 23.9 Å². The Bertz CT molecular complexity index is 563. The van der Waals surface area contributed by atoms with Gasteiger partial charge in [-0.25, -0.2) is 4.39 Å². The van der Waals surface area contributed by atoms with Crippen molar-refractivity contribution in [1.29, 1.82) is 0 Å². The molecule has 88 valence electrons. The van der Waals surface area contributed by atoms with Crippen LogP contribution in [-0.4, -0.2) is 15.9 Å². The van der Waals surface area contributed by atoms with Crippen LogP contribution in [0.4, 0.5) is 4.39 Å². The first-order valence-electron chi connectivity index (χ1n) is 5.15. The largest absolute Gasteiger partial charge is 0.339 e. The molecule has 1 heterocycles. The first-order valence-corrected chi connectivity index (χ1v) is 5.15. The first-order chi connectivity index (χ1) is 8.06. The van der Waals surface area contributed by atoms with Gasteiger partial charge in [-0.1, -0.05) is 5.16 Å². The number of halogens is 1. The van der Waals surface area contributed by atoms with E-state index in [9.17, 15) is 9.18 Å². The van der Waals surface area contributed by atoms with Gasteiger partial charge in [0.25, 0.3) is 0 Å². The fraction of sp³-hybridized carbons (Fsp3) is 0.250. The highest BCUT2D eigenvalue weighted by atomic mass is 19.1. The lowest BCUT2D eigenvalue weighted by Crippen LogP contribution is -1.96. The summed E-state index contributed by atoms with van der Waals surface area (Å²) in [4.78, 5) is 15.0. The van der Waals surface area contributed by atoms with E-state index in [2.05, 4.69) is 10.1 Å². The van der Waals surface area contributed by atoms with Gasteiger partial charge in [0.05, 0.1) is 6.42 Å². The molecular formula is C12H11FN2O2. The summed E-state index contributed by atoms with van der Waals surface area (Å²) < 4.78 is 17.9. The Labute approximate surface area is 97.5 Å². The van der Waals surface area contributed by atoms with Crippen LogP contribution < -0.4 is 0 Å². The van der Waals surface area contributed by atoms with Gasteiger partial charge in [0, 0.05) is 5.56 Å². The molecule has 0 unspecified atom stereocenters. The number of carbonyl (C=O) groups excluding carboxylic acids is 1. The van der Waals surface area contributed by atoms with Gasteiger partial charge in [-0.15, -0.1) is 0 Å². The number of benzene rings is 1. The predicted octanol–water partition coefficient (Wildman–Crippen LogP) is 2.32. The Morgan fingerprint density at radius 1 is 1.47 bits per heavy atom. The van der Waals surface area contributed by atoms with Gasteiger partial charge in [-0.2, -0.15) is 4.98 Å². The molecule has 0 bridgehead atoms. The molecule has 0 atom stereocenters. The average molecular weight is 234 g/mol. The van der Waals surface area contributed by atoms with Crippen LogP contribution in [0.1, 0.15) is 18.4 Å². The number of hydrogen-bond donors (Lipinski definition) is 0. The Hall–Kier alpha value is -2.04. The second kappa shape index (κ2) is 4.45. The van der Waals surface area contributed by atoms with E-state index < -0.39 is 0 Å². The third-order valence-corrected chi connectivity index (χ3v) is 2.30. The molecule has 0 spiro atoms. The molecule has 0 aliphatic carbocycles. The van der Waals surface area contributed by atoms with E-state index in [1.54, 1.807) is 13.0 Å². The molecule has 0 radical (unpaired) electrons. The highest BCUT2D eigenvalue weighted by Gasteiger charge is 2.12. The zero-order valence-electron chi connectivity index (χ0n) is 9.53. The van der Waals surface area contributed by atoms with E-state index >= 15 is 0 Å². The second-order valence-corrected chi connectivity index (χ2v) is 3.85. The summed E-state index contributed by atoms with van der Waals surface area (Å²) in [7, 11) is 0. The highest BCUT2D eigenvalue weighted by Crippen LogP contribution is 2.21. The molecule has 0 fully saturated rings. The number of rotatable bonds is 3. The number of carbonyl (C=O) groups is 1. The van der Waals surface area contributed by atoms with Crippen LogP contribution >= 0.6 is 0 Å². The predicted molar refractivity (Wildman–Crippen MR) is 58.8 cm³/mol. The Morgan fingerprint density at radius 3 is 2.88 bits per heavy atom. The van der Waals surface area contributed by atoms with Crippen molar-refractivity contribution in [1.82, 2.24) is 10.1 Å². The molecule has 1 aromatic heterocycles. The van der Waals surface area contributed by atoms with Crippen LogP contribution in [0.25, 0.3) is 11.4 Å². The van der Waals surface area contributed by atoms with Crippen LogP contribution in [0.5, 0.6) is 0 Å². The van der Waals surface area contributed by atoms with Gasteiger partial charge < -0.3 is 4.52 Å². The zero-order chi connectivity index (χ0) is 12.4. The summed E-state index contributed by atoms with van der Waals surface area (Å²) in [6.07, 6.45) is 0.118. The van der Waals surface area contributed by atoms with Gasteiger partial charge >= 0.3 is 0 Å². The fourth-order valence-electron chi connectivity index (χ4n) is 1.53. The maximum atomic E-state index is 12.9. The highest BCUT2D eigenvalue weighted by molar-refractivity contribution is 5.77. The van der Waals surface area contributed by atoms with Gasteiger partial charge in [-0.05, 0) is 37.6 Å². The summed E-state index contributed by atoms with van der Waals surface area (Å²) in [6.45, 7) is 3.21. The maximum Gasteiger partial charge on any atom is 0.234 e. The van der Waals surface area contributed by atoms with Crippen molar-refractivity contribution in [3.8, 4) is 11.4 Å². The van der Waals surface area contributed by atoms with E-state index in [1.807, 2.05) is 0 Å². The summed E-state index contributed by atoms with van der Waals surface area (Å²) in [5.74, 6) is 0.296. The Kier molecular flexibility index (Phi) is 2.99. The molecule has 0 N–H and O–H groups in total. The zero-order valence-corrected chi connectivity index (χ0v) is 9.53. The third kappa shape index (κ3) is 2.55. The van der Waals surface area contributed by atoms with E-state index in [0.29, 0.717) is 11.4 Å². The number of aromatic nitrogens is 2. The quantitative estimate of drug-likeness (QED) is 0.817. The van der Waals surface area contributed by atoms with Gasteiger partial charge in [0.2, 0.25) is 11.7 Å². The van der Waals surface area contributed by atoms with Crippen molar-refractivity contribution in [2.45, 2.75) is 20.3 Å². The van der Waals surface area contributed by atoms with E-state index in [1.165, 1.54) is 19.1 Å². The Balaban J connectivity index is 2.33. The molecular weight excluding hydrogens is 223 g/mol. The molecule has 0 aliphatic heterocycles. The van der Waals surface area contributed by atoms with E-state index in [4.69, 9.17) is 4.52 Å². The summed E-state index contributed by atoms with van der Waals surface area (Å²) in [6, 6.07) is 4.33. The summed E-state index contributed by atoms with van der Waals surface area (Å²) in [5.41, 5.74) is 1.42. The van der Waals surface area contributed by atoms with Crippen molar-refractivity contribution >= 4 is 5.78 Å². The molecule has 2 aromatic rings. The molecule has 17 heavy (non-hydrogen) atoms. The average Bonchev–Trinajstić information content (AvgIpc) is 2.65. The minimum atomic E-state index is -0.307. The molecule has 1 aromatic carbocycles. The Morgan fingerprint density at radius 2 is 2.24 bits per heavy atom. The minimum absolute atomic E-state index is 0.0453. The SMILES string of the molecule is CC(=O)Cc1nc(-c2ccc(F)cc2C)no1. The third-order valence-electron chi connectivity index (χ3n) is 2.30. The lowest BCUT2D eigenvalue weighted by molar-refractivity contribution is -0.116. The second-order valence-electron chi connectivity index (χ2n) is 3.85. The standard InChI is InChI=1S/C12H11FN2O2/c1-7-5-9(13)3-4-10(7)12-14-11(17-15-12)6-8(2)16/h3-5H,6H2,1-2H3. The normalized spacial score (nSPS) is 10.5. The monoisotopic (exact) mass is 234 g/mol. The van der Waals surface area contributed by atoms with Crippen molar-refractivity contribution in [2.24, 2.45) is 0 Å². The topological polar surface area (TPSA) is 56.0 Å². The van der Waals surface area contributed by atoms with Crippen molar-refractivity contribution in [3.05, 3.63) is 35.5 Å². The van der Waals surface area contributed by atoms with Gasteiger partial charge in [0.1, 0.15) is 11.6 Å². The van der Waals surface area contributed by atoms with Crippen LogP contribution in [0, 0.1) is 12.7 Å². The molecule has 0 amide bonds. The lowest BCUT2D eigenvalue weighted by Gasteiger charge is -1.99. The molecule has 4 nitrogen and oxygen atoms in total. The molecule has 0 saturated carbocycles. The molecule has 5 heteroatoms. The van der Waals surface area contributed by atoms with Crippen LogP contribution in [0.2, 0.25) is 0 Å².